The maximum Gasteiger partial charge on any atom is 0.255 e. The lowest BCUT2D eigenvalue weighted by Crippen LogP contribution is -2.30. The second kappa shape index (κ2) is 7.24. The fraction of sp³-hybridized carbons (Fsp3) is 0.278. The van der Waals surface area contributed by atoms with Gasteiger partial charge < -0.3 is 10.2 Å². The normalized spacial score (nSPS) is 14.6. The fourth-order valence-electron chi connectivity index (χ4n) is 2.85. The number of para-hydroxylation sites is 1. The Bertz CT molecular complexity index is 695. The van der Waals surface area contributed by atoms with Crippen molar-refractivity contribution in [3.05, 3.63) is 58.1 Å². The minimum absolute atomic E-state index is 0.165. The molecule has 3 nitrogen and oxygen atoms in total. The van der Waals surface area contributed by atoms with Crippen molar-refractivity contribution in [1.82, 2.24) is 0 Å². The highest BCUT2D eigenvalue weighted by molar-refractivity contribution is 6.34. The Morgan fingerprint density at radius 3 is 2.35 bits per heavy atom. The van der Waals surface area contributed by atoms with Gasteiger partial charge >= 0.3 is 0 Å². The van der Waals surface area contributed by atoms with Crippen LogP contribution in [0.2, 0.25) is 10.0 Å². The van der Waals surface area contributed by atoms with Crippen LogP contribution in [-0.2, 0) is 0 Å². The van der Waals surface area contributed by atoms with Crippen molar-refractivity contribution in [3.8, 4) is 0 Å². The number of rotatable bonds is 3. The predicted octanol–water partition coefficient (Wildman–Crippen LogP) is 5.24. The summed E-state index contributed by atoms with van der Waals surface area (Å²) in [6.07, 6.45) is 3.54. The highest BCUT2D eigenvalue weighted by atomic mass is 35.5. The molecule has 5 heteroatoms. The molecule has 1 N–H and O–H groups in total. The van der Waals surface area contributed by atoms with Crippen LogP contribution in [0.1, 0.15) is 29.6 Å². The molecule has 1 aliphatic heterocycles. The average Bonchev–Trinajstić information content (AvgIpc) is 2.56. The van der Waals surface area contributed by atoms with Gasteiger partial charge in [-0.1, -0.05) is 29.3 Å². The molecule has 0 atom stereocenters. The summed E-state index contributed by atoms with van der Waals surface area (Å²) >= 11 is 12.3. The van der Waals surface area contributed by atoms with E-state index in [-0.39, 0.29) is 5.91 Å². The lowest BCUT2D eigenvalue weighted by molar-refractivity contribution is 0.102. The monoisotopic (exact) mass is 348 g/mol. The molecule has 1 amide bonds. The number of carbonyl (C=O) groups is 1. The van der Waals surface area contributed by atoms with Crippen LogP contribution in [0.5, 0.6) is 0 Å². The molecule has 1 aliphatic rings. The number of benzene rings is 2. The fourth-order valence-corrected chi connectivity index (χ4v) is 3.27. The van der Waals surface area contributed by atoms with Crippen molar-refractivity contribution in [2.75, 3.05) is 23.3 Å². The Balaban J connectivity index is 1.86. The first-order chi connectivity index (χ1) is 11.1. The first-order valence-electron chi connectivity index (χ1n) is 7.75. The molecule has 0 bridgehead atoms. The van der Waals surface area contributed by atoms with Crippen molar-refractivity contribution in [1.29, 1.82) is 0 Å². The minimum Gasteiger partial charge on any atom is -0.369 e. The van der Waals surface area contributed by atoms with Gasteiger partial charge in [-0.3, -0.25) is 4.79 Å². The number of hydrogen-bond acceptors (Lipinski definition) is 2. The molecular weight excluding hydrogens is 331 g/mol. The smallest absolute Gasteiger partial charge is 0.255 e. The summed E-state index contributed by atoms with van der Waals surface area (Å²) < 4.78 is 0. The number of piperidine rings is 1. The number of nitrogens with one attached hydrogen (secondary N) is 1. The molecule has 1 heterocycles. The second-order valence-electron chi connectivity index (χ2n) is 5.64. The zero-order valence-corrected chi connectivity index (χ0v) is 14.2. The number of hydrogen-bond donors (Lipinski definition) is 1. The topological polar surface area (TPSA) is 32.3 Å². The van der Waals surface area contributed by atoms with Gasteiger partial charge in [-0.05, 0) is 55.7 Å². The summed E-state index contributed by atoms with van der Waals surface area (Å²) in [6, 6.07) is 12.5. The molecule has 1 fully saturated rings. The van der Waals surface area contributed by atoms with Gasteiger partial charge in [0.1, 0.15) is 0 Å². The highest BCUT2D eigenvalue weighted by Crippen LogP contribution is 2.35. The van der Waals surface area contributed by atoms with Gasteiger partial charge in [-0.25, -0.2) is 0 Å². The largest absolute Gasteiger partial charge is 0.369 e. The third-order valence-corrected chi connectivity index (χ3v) is 4.57. The molecule has 0 radical (unpaired) electrons. The maximum absolute atomic E-state index is 12.5. The standard InChI is InChI=1S/C18H18Cl2N2O/c19-14-9-7-13(8-10-14)18(23)21-16-6-4-5-15(20)17(16)22-11-2-1-3-12-22/h4-10H,1-3,11-12H2,(H,21,23). The molecule has 0 aliphatic carbocycles. The van der Waals surface area contributed by atoms with E-state index in [4.69, 9.17) is 23.2 Å². The zero-order chi connectivity index (χ0) is 16.2. The van der Waals surface area contributed by atoms with Crippen LogP contribution in [0.15, 0.2) is 42.5 Å². The van der Waals surface area contributed by atoms with Crippen molar-refractivity contribution in [2.45, 2.75) is 19.3 Å². The molecule has 0 saturated carbocycles. The molecule has 3 rings (SSSR count). The number of anilines is 2. The van der Waals surface area contributed by atoms with Crippen LogP contribution in [0.3, 0.4) is 0 Å². The van der Waals surface area contributed by atoms with E-state index < -0.39 is 0 Å². The Morgan fingerprint density at radius 2 is 1.65 bits per heavy atom. The van der Waals surface area contributed by atoms with Crippen LogP contribution in [-0.4, -0.2) is 19.0 Å². The van der Waals surface area contributed by atoms with Gasteiger partial charge in [-0.2, -0.15) is 0 Å². The van der Waals surface area contributed by atoms with Crippen molar-refractivity contribution >= 4 is 40.5 Å². The van der Waals surface area contributed by atoms with Crippen LogP contribution < -0.4 is 10.2 Å². The lowest BCUT2D eigenvalue weighted by atomic mass is 10.1. The van der Waals surface area contributed by atoms with Gasteiger partial charge in [0.25, 0.3) is 5.91 Å². The Kier molecular flexibility index (Phi) is 5.09. The molecule has 23 heavy (non-hydrogen) atoms. The SMILES string of the molecule is O=C(Nc1cccc(Cl)c1N1CCCCC1)c1ccc(Cl)cc1. The summed E-state index contributed by atoms with van der Waals surface area (Å²) in [7, 11) is 0. The van der Waals surface area contributed by atoms with Gasteiger partial charge in [-0.15, -0.1) is 0 Å². The highest BCUT2D eigenvalue weighted by Gasteiger charge is 2.19. The Hall–Kier alpha value is -1.71. The average molecular weight is 349 g/mol. The van der Waals surface area contributed by atoms with Gasteiger partial charge in [0.15, 0.2) is 0 Å². The van der Waals surface area contributed by atoms with Gasteiger partial charge in [0, 0.05) is 23.7 Å². The van der Waals surface area contributed by atoms with Crippen molar-refractivity contribution in [3.63, 3.8) is 0 Å². The van der Waals surface area contributed by atoms with E-state index in [0.717, 1.165) is 37.3 Å². The number of amides is 1. The van der Waals surface area contributed by atoms with Crippen LogP contribution in [0, 0.1) is 0 Å². The molecule has 2 aromatic rings. The van der Waals surface area contributed by atoms with E-state index in [9.17, 15) is 4.79 Å². The summed E-state index contributed by atoms with van der Waals surface area (Å²) in [5, 5.41) is 4.25. The van der Waals surface area contributed by atoms with Crippen LogP contribution >= 0.6 is 23.2 Å². The van der Waals surface area contributed by atoms with Crippen molar-refractivity contribution < 1.29 is 4.79 Å². The van der Waals surface area contributed by atoms with Gasteiger partial charge in [0.2, 0.25) is 0 Å². The van der Waals surface area contributed by atoms with E-state index in [1.165, 1.54) is 6.42 Å². The molecular formula is C18H18Cl2N2O. The lowest BCUT2D eigenvalue weighted by Gasteiger charge is -2.31. The molecule has 1 saturated heterocycles. The van der Waals surface area contributed by atoms with E-state index in [1.54, 1.807) is 24.3 Å². The number of carbonyl (C=O) groups excluding carboxylic acids is 1. The Labute approximate surface area is 146 Å². The summed E-state index contributed by atoms with van der Waals surface area (Å²) in [5.74, 6) is -0.165. The summed E-state index contributed by atoms with van der Waals surface area (Å²) in [4.78, 5) is 14.7. The van der Waals surface area contributed by atoms with E-state index in [2.05, 4.69) is 10.2 Å². The number of halogens is 2. The number of nitrogens with zero attached hydrogens (tertiary/aromatic N) is 1. The molecule has 0 aromatic heterocycles. The first kappa shape index (κ1) is 16.2. The predicted molar refractivity (Wildman–Crippen MR) is 96.9 cm³/mol. The van der Waals surface area contributed by atoms with Gasteiger partial charge in [0.05, 0.1) is 16.4 Å². The molecule has 0 spiro atoms. The van der Waals surface area contributed by atoms with Crippen molar-refractivity contribution in [2.24, 2.45) is 0 Å². The Morgan fingerprint density at radius 1 is 0.957 bits per heavy atom. The third kappa shape index (κ3) is 3.80. The molecule has 0 unspecified atom stereocenters. The summed E-state index contributed by atoms with van der Waals surface area (Å²) in [6.45, 7) is 1.93. The molecule has 2 aromatic carbocycles. The van der Waals surface area contributed by atoms with E-state index in [0.29, 0.717) is 15.6 Å². The second-order valence-corrected chi connectivity index (χ2v) is 6.49. The molecule has 120 valence electrons. The zero-order valence-electron chi connectivity index (χ0n) is 12.7. The quantitative estimate of drug-likeness (QED) is 0.822. The van der Waals surface area contributed by atoms with Crippen LogP contribution in [0.25, 0.3) is 0 Å². The first-order valence-corrected chi connectivity index (χ1v) is 8.51. The maximum atomic E-state index is 12.5. The van der Waals surface area contributed by atoms with Crippen LogP contribution in [0.4, 0.5) is 11.4 Å². The van der Waals surface area contributed by atoms with E-state index >= 15 is 0 Å². The summed E-state index contributed by atoms with van der Waals surface area (Å²) in [5.41, 5.74) is 2.23. The third-order valence-electron chi connectivity index (χ3n) is 4.01. The van der Waals surface area contributed by atoms with E-state index in [1.807, 2.05) is 18.2 Å². The minimum atomic E-state index is -0.165.